The number of amides is 1. The highest BCUT2D eigenvalue weighted by atomic mass is 35.5. The lowest BCUT2D eigenvalue weighted by atomic mass is 10.1. The molecule has 0 saturated heterocycles. The lowest BCUT2D eigenvalue weighted by Crippen LogP contribution is -2.15. The minimum absolute atomic E-state index is 0.156. The monoisotopic (exact) mass is 351 g/mol. The van der Waals surface area contributed by atoms with Crippen molar-refractivity contribution >= 4 is 29.3 Å². The molecule has 124 valence electrons. The van der Waals surface area contributed by atoms with E-state index in [1.807, 2.05) is 0 Å². The minimum Gasteiger partial charge on any atom is -0.486 e. The number of carbonyl (C=O) groups is 1. The maximum Gasteiger partial charge on any atom is 0.248 e. The number of hydrogen-bond donors (Lipinski definition) is 1. The van der Waals surface area contributed by atoms with Crippen molar-refractivity contribution in [2.45, 2.75) is 0 Å². The molecule has 0 radical (unpaired) electrons. The van der Waals surface area contributed by atoms with Crippen LogP contribution in [-0.4, -0.2) is 19.1 Å². The van der Waals surface area contributed by atoms with E-state index in [1.54, 1.807) is 12.1 Å². The van der Waals surface area contributed by atoms with Gasteiger partial charge in [0.25, 0.3) is 0 Å². The van der Waals surface area contributed by atoms with Crippen molar-refractivity contribution in [3.05, 3.63) is 58.6 Å². The summed E-state index contributed by atoms with van der Waals surface area (Å²) in [6.07, 6.45) is 2.78. The molecule has 0 unspecified atom stereocenters. The standard InChI is InChI=1S/C17H12ClF2NO3/c18-12-7-10(8-15-17(12)24-6-5-23-15)1-4-16(22)21-11-2-3-13(19)14(20)9-11/h1-4,7-9H,5-6H2,(H,21,22)/b4-1+. The van der Waals surface area contributed by atoms with Crippen molar-refractivity contribution in [1.29, 1.82) is 0 Å². The Balaban J connectivity index is 1.72. The molecule has 0 saturated carbocycles. The zero-order valence-electron chi connectivity index (χ0n) is 12.3. The lowest BCUT2D eigenvalue weighted by Gasteiger charge is -2.19. The first-order chi connectivity index (χ1) is 11.5. The Hall–Kier alpha value is -2.60. The van der Waals surface area contributed by atoms with Crippen molar-refractivity contribution in [2.24, 2.45) is 0 Å². The normalized spacial score (nSPS) is 13.1. The third kappa shape index (κ3) is 3.65. The minimum atomic E-state index is -1.03. The average molecular weight is 352 g/mol. The molecular weight excluding hydrogens is 340 g/mol. The van der Waals surface area contributed by atoms with Crippen LogP contribution in [0.25, 0.3) is 6.08 Å². The maximum absolute atomic E-state index is 13.1. The summed E-state index contributed by atoms with van der Waals surface area (Å²) in [5, 5.41) is 2.82. The molecule has 7 heteroatoms. The summed E-state index contributed by atoms with van der Waals surface area (Å²) in [6.45, 7) is 0.853. The number of halogens is 3. The van der Waals surface area contributed by atoms with Crippen molar-refractivity contribution in [3.8, 4) is 11.5 Å². The highest BCUT2D eigenvalue weighted by Crippen LogP contribution is 2.38. The first kappa shape index (κ1) is 16.3. The van der Waals surface area contributed by atoms with E-state index in [1.165, 1.54) is 18.2 Å². The first-order valence-electron chi connectivity index (χ1n) is 7.06. The van der Waals surface area contributed by atoms with Crippen molar-refractivity contribution in [2.75, 3.05) is 18.5 Å². The molecular formula is C17H12ClF2NO3. The fourth-order valence-corrected chi connectivity index (χ4v) is 2.43. The van der Waals surface area contributed by atoms with Gasteiger partial charge in [-0.3, -0.25) is 4.79 Å². The summed E-state index contributed by atoms with van der Waals surface area (Å²) >= 11 is 6.11. The third-order valence-corrected chi connectivity index (χ3v) is 3.51. The van der Waals surface area contributed by atoms with E-state index >= 15 is 0 Å². The van der Waals surface area contributed by atoms with Crippen molar-refractivity contribution in [3.63, 3.8) is 0 Å². The van der Waals surface area contributed by atoms with E-state index < -0.39 is 17.5 Å². The van der Waals surface area contributed by atoms with Gasteiger partial charge < -0.3 is 14.8 Å². The van der Waals surface area contributed by atoms with E-state index in [0.717, 1.165) is 12.1 Å². The molecule has 2 aromatic carbocycles. The highest BCUT2D eigenvalue weighted by Gasteiger charge is 2.16. The molecule has 4 nitrogen and oxygen atoms in total. The Morgan fingerprint density at radius 2 is 1.92 bits per heavy atom. The van der Waals surface area contributed by atoms with Crippen LogP contribution in [0.2, 0.25) is 5.02 Å². The van der Waals surface area contributed by atoms with Gasteiger partial charge in [0, 0.05) is 17.8 Å². The summed E-state index contributed by atoms with van der Waals surface area (Å²) in [6, 6.07) is 6.44. The predicted octanol–water partition coefficient (Wildman–Crippen LogP) is 4.04. The molecule has 0 fully saturated rings. The van der Waals surface area contributed by atoms with Gasteiger partial charge in [0.2, 0.25) is 5.91 Å². The molecule has 0 aromatic heterocycles. The number of nitrogens with one attached hydrogen (secondary N) is 1. The predicted molar refractivity (Wildman–Crippen MR) is 86.5 cm³/mol. The summed E-state index contributed by atoms with van der Waals surface area (Å²) in [4.78, 5) is 11.9. The summed E-state index contributed by atoms with van der Waals surface area (Å²) in [5.41, 5.74) is 0.799. The highest BCUT2D eigenvalue weighted by molar-refractivity contribution is 6.32. The number of benzene rings is 2. The Labute approximate surface area is 141 Å². The summed E-state index contributed by atoms with van der Waals surface area (Å²) in [5.74, 6) is -1.52. The average Bonchev–Trinajstić information content (AvgIpc) is 2.56. The number of anilines is 1. The summed E-state index contributed by atoms with van der Waals surface area (Å²) < 4.78 is 36.8. The van der Waals surface area contributed by atoms with E-state index in [-0.39, 0.29) is 5.69 Å². The lowest BCUT2D eigenvalue weighted by molar-refractivity contribution is -0.111. The summed E-state index contributed by atoms with van der Waals surface area (Å²) in [7, 11) is 0. The van der Waals surface area contributed by atoms with Crippen LogP contribution in [0.3, 0.4) is 0 Å². The van der Waals surface area contributed by atoms with Gasteiger partial charge in [0.15, 0.2) is 23.1 Å². The Morgan fingerprint density at radius 1 is 1.12 bits per heavy atom. The molecule has 1 N–H and O–H groups in total. The molecule has 1 amide bonds. The Morgan fingerprint density at radius 3 is 2.71 bits per heavy atom. The van der Waals surface area contributed by atoms with Gasteiger partial charge in [0.05, 0.1) is 5.02 Å². The van der Waals surface area contributed by atoms with Gasteiger partial charge in [-0.05, 0) is 35.9 Å². The number of carbonyl (C=O) groups excluding carboxylic acids is 1. The van der Waals surface area contributed by atoms with Crippen LogP contribution in [0.1, 0.15) is 5.56 Å². The van der Waals surface area contributed by atoms with Crippen LogP contribution < -0.4 is 14.8 Å². The molecule has 1 aliphatic rings. The van der Waals surface area contributed by atoms with E-state index in [9.17, 15) is 13.6 Å². The smallest absolute Gasteiger partial charge is 0.248 e. The molecule has 2 aromatic rings. The van der Waals surface area contributed by atoms with Crippen LogP contribution in [-0.2, 0) is 4.79 Å². The van der Waals surface area contributed by atoms with E-state index in [0.29, 0.717) is 35.3 Å². The van der Waals surface area contributed by atoms with Gasteiger partial charge in [-0.1, -0.05) is 11.6 Å². The second-order valence-electron chi connectivity index (χ2n) is 4.98. The van der Waals surface area contributed by atoms with Crippen molar-refractivity contribution in [1.82, 2.24) is 0 Å². The van der Waals surface area contributed by atoms with Gasteiger partial charge in [0.1, 0.15) is 13.2 Å². The van der Waals surface area contributed by atoms with E-state index in [2.05, 4.69) is 5.32 Å². The largest absolute Gasteiger partial charge is 0.486 e. The van der Waals surface area contributed by atoms with Crippen LogP contribution in [0, 0.1) is 11.6 Å². The fraction of sp³-hybridized carbons (Fsp3) is 0.118. The molecule has 3 rings (SSSR count). The number of fused-ring (bicyclic) bond motifs is 1. The quantitative estimate of drug-likeness (QED) is 0.849. The molecule has 0 aliphatic carbocycles. The Bertz CT molecular complexity index is 824. The fourth-order valence-electron chi connectivity index (χ4n) is 2.16. The maximum atomic E-state index is 13.1. The zero-order chi connectivity index (χ0) is 17.1. The molecule has 0 atom stereocenters. The number of rotatable bonds is 3. The second kappa shape index (κ2) is 6.88. The second-order valence-corrected chi connectivity index (χ2v) is 5.39. The molecule has 1 heterocycles. The van der Waals surface area contributed by atoms with Crippen molar-refractivity contribution < 1.29 is 23.0 Å². The van der Waals surface area contributed by atoms with Crippen LogP contribution in [0.5, 0.6) is 11.5 Å². The van der Waals surface area contributed by atoms with Crippen LogP contribution >= 0.6 is 11.6 Å². The molecule has 24 heavy (non-hydrogen) atoms. The van der Waals surface area contributed by atoms with E-state index in [4.69, 9.17) is 21.1 Å². The topological polar surface area (TPSA) is 47.6 Å². The van der Waals surface area contributed by atoms with Gasteiger partial charge in [-0.25, -0.2) is 8.78 Å². The Kier molecular flexibility index (Phi) is 4.66. The van der Waals surface area contributed by atoms with Gasteiger partial charge in [-0.15, -0.1) is 0 Å². The molecule has 0 spiro atoms. The molecule has 0 bridgehead atoms. The first-order valence-corrected chi connectivity index (χ1v) is 7.44. The zero-order valence-corrected chi connectivity index (χ0v) is 13.1. The number of ether oxygens (including phenoxy) is 2. The van der Waals surface area contributed by atoms with Crippen LogP contribution in [0.15, 0.2) is 36.4 Å². The number of hydrogen-bond acceptors (Lipinski definition) is 3. The third-order valence-electron chi connectivity index (χ3n) is 3.23. The van der Waals surface area contributed by atoms with Crippen LogP contribution in [0.4, 0.5) is 14.5 Å². The molecule has 1 aliphatic heterocycles. The SMILES string of the molecule is O=C(/C=C/c1cc(Cl)c2c(c1)OCCO2)Nc1ccc(F)c(F)c1. The van der Waals surface area contributed by atoms with Gasteiger partial charge in [-0.2, -0.15) is 0 Å². The van der Waals surface area contributed by atoms with Gasteiger partial charge >= 0.3 is 0 Å².